The van der Waals surface area contributed by atoms with Gasteiger partial charge in [-0.25, -0.2) is 0 Å². The van der Waals surface area contributed by atoms with E-state index in [1.165, 1.54) is 5.56 Å². The maximum absolute atomic E-state index is 8.41. The van der Waals surface area contributed by atoms with Crippen LogP contribution >= 0.6 is 22.6 Å². The summed E-state index contributed by atoms with van der Waals surface area (Å²) in [6.45, 7) is 2.01. The van der Waals surface area contributed by atoms with Gasteiger partial charge in [-0.2, -0.15) is 0 Å². The number of aryl methyl sites for hydroxylation is 1. The van der Waals surface area contributed by atoms with Crippen molar-refractivity contribution in [2.75, 3.05) is 0 Å². The van der Waals surface area contributed by atoms with Crippen LogP contribution in [0.15, 0.2) is 23.4 Å². The molecule has 0 radical (unpaired) electrons. The van der Waals surface area contributed by atoms with E-state index in [2.05, 4.69) is 27.7 Å². The van der Waals surface area contributed by atoms with Crippen molar-refractivity contribution in [1.82, 2.24) is 0 Å². The van der Waals surface area contributed by atoms with E-state index in [4.69, 9.17) is 10.9 Å². The Hall–Kier alpha value is -0.780. The minimum absolute atomic E-state index is 0.146. The summed E-state index contributed by atoms with van der Waals surface area (Å²) in [5, 5.41) is 11.3. The standard InChI is InChI=1S/C8H9IN2O/c1-5-2-3-6(4-7(5)9)8(10)11-12/h2-4,12H,1H3,(H2,10,11). The van der Waals surface area contributed by atoms with Gasteiger partial charge in [-0.15, -0.1) is 0 Å². The van der Waals surface area contributed by atoms with Crippen molar-refractivity contribution in [3.05, 3.63) is 32.9 Å². The predicted molar refractivity (Wildman–Crippen MR) is 56.4 cm³/mol. The first-order valence-electron chi connectivity index (χ1n) is 3.39. The van der Waals surface area contributed by atoms with E-state index in [-0.39, 0.29) is 5.84 Å². The van der Waals surface area contributed by atoms with Crippen LogP contribution in [0, 0.1) is 10.5 Å². The molecule has 4 heteroatoms. The molecule has 0 bridgehead atoms. The highest BCUT2D eigenvalue weighted by molar-refractivity contribution is 14.1. The smallest absolute Gasteiger partial charge is 0.170 e. The Kier molecular flexibility index (Phi) is 2.91. The molecule has 0 aliphatic carbocycles. The normalized spacial score (nSPS) is 11.7. The lowest BCUT2D eigenvalue weighted by atomic mass is 10.1. The molecule has 0 heterocycles. The van der Waals surface area contributed by atoms with Crippen molar-refractivity contribution in [3.63, 3.8) is 0 Å². The van der Waals surface area contributed by atoms with Gasteiger partial charge in [0.05, 0.1) is 0 Å². The van der Waals surface area contributed by atoms with Gasteiger partial charge < -0.3 is 10.9 Å². The average molecular weight is 276 g/mol. The molecular formula is C8H9IN2O. The highest BCUT2D eigenvalue weighted by Crippen LogP contribution is 2.12. The number of hydrogen-bond donors (Lipinski definition) is 2. The monoisotopic (exact) mass is 276 g/mol. The van der Waals surface area contributed by atoms with Gasteiger partial charge in [0.2, 0.25) is 0 Å². The van der Waals surface area contributed by atoms with Crippen molar-refractivity contribution in [1.29, 1.82) is 0 Å². The SMILES string of the molecule is Cc1ccc(/C(N)=N/O)cc1I. The van der Waals surface area contributed by atoms with Gasteiger partial charge in [-0.3, -0.25) is 0 Å². The number of hydrogen-bond acceptors (Lipinski definition) is 2. The van der Waals surface area contributed by atoms with Crippen LogP contribution in [-0.4, -0.2) is 11.0 Å². The average Bonchev–Trinajstić information content (AvgIpc) is 2.08. The summed E-state index contributed by atoms with van der Waals surface area (Å²) in [5.74, 6) is 0.146. The molecule has 1 aromatic carbocycles. The van der Waals surface area contributed by atoms with Gasteiger partial charge >= 0.3 is 0 Å². The molecule has 1 rings (SSSR count). The van der Waals surface area contributed by atoms with Crippen LogP contribution in [-0.2, 0) is 0 Å². The molecule has 3 nitrogen and oxygen atoms in total. The number of nitrogens with zero attached hydrogens (tertiary/aromatic N) is 1. The van der Waals surface area contributed by atoms with Crippen molar-refractivity contribution < 1.29 is 5.21 Å². The van der Waals surface area contributed by atoms with Gasteiger partial charge in [0.15, 0.2) is 5.84 Å². The third kappa shape index (κ3) is 1.88. The summed E-state index contributed by atoms with van der Waals surface area (Å²) in [6, 6.07) is 5.65. The largest absolute Gasteiger partial charge is 0.409 e. The molecule has 0 saturated carbocycles. The number of benzene rings is 1. The second kappa shape index (κ2) is 3.75. The molecule has 12 heavy (non-hydrogen) atoms. The molecule has 64 valence electrons. The molecular weight excluding hydrogens is 267 g/mol. The van der Waals surface area contributed by atoms with Crippen LogP contribution < -0.4 is 5.73 Å². The van der Waals surface area contributed by atoms with E-state index in [9.17, 15) is 0 Å². The molecule has 0 aliphatic heterocycles. The Morgan fingerprint density at radius 2 is 2.25 bits per heavy atom. The van der Waals surface area contributed by atoms with Crippen LogP contribution in [0.4, 0.5) is 0 Å². The van der Waals surface area contributed by atoms with Crippen molar-refractivity contribution in [3.8, 4) is 0 Å². The van der Waals surface area contributed by atoms with Gasteiger partial charge in [-0.1, -0.05) is 17.3 Å². The zero-order valence-corrected chi connectivity index (χ0v) is 8.74. The summed E-state index contributed by atoms with van der Waals surface area (Å²) >= 11 is 2.21. The zero-order valence-electron chi connectivity index (χ0n) is 6.58. The van der Waals surface area contributed by atoms with Gasteiger partial charge in [0.25, 0.3) is 0 Å². The van der Waals surface area contributed by atoms with Crippen LogP contribution in [0.3, 0.4) is 0 Å². The molecule has 0 atom stereocenters. The van der Waals surface area contributed by atoms with Gasteiger partial charge in [0, 0.05) is 9.13 Å². The van der Waals surface area contributed by atoms with Crippen LogP contribution in [0.5, 0.6) is 0 Å². The fraction of sp³-hybridized carbons (Fsp3) is 0.125. The van der Waals surface area contributed by atoms with Crippen molar-refractivity contribution >= 4 is 28.4 Å². The molecule has 3 N–H and O–H groups in total. The van der Waals surface area contributed by atoms with Crippen LogP contribution in [0.25, 0.3) is 0 Å². The first kappa shape index (κ1) is 9.31. The van der Waals surface area contributed by atoms with E-state index < -0.39 is 0 Å². The maximum atomic E-state index is 8.41. The Morgan fingerprint density at radius 1 is 1.58 bits per heavy atom. The Balaban J connectivity index is 3.13. The fourth-order valence-electron chi connectivity index (χ4n) is 0.810. The van der Waals surface area contributed by atoms with Crippen LogP contribution in [0.1, 0.15) is 11.1 Å². The highest BCUT2D eigenvalue weighted by atomic mass is 127. The molecule has 1 aromatic rings. The van der Waals surface area contributed by atoms with E-state index in [1.54, 1.807) is 0 Å². The third-order valence-corrected chi connectivity index (χ3v) is 2.74. The molecule has 0 saturated heterocycles. The number of oxime groups is 1. The summed E-state index contributed by atoms with van der Waals surface area (Å²) < 4.78 is 1.11. The topological polar surface area (TPSA) is 58.6 Å². The Morgan fingerprint density at radius 3 is 2.75 bits per heavy atom. The van der Waals surface area contributed by atoms with E-state index in [1.807, 2.05) is 25.1 Å². The van der Waals surface area contributed by atoms with E-state index >= 15 is 0 Å². The van der Waals surface area contributed by atoms with Crippen molar-refractivity contribution in [2.24, 2.45) is 10.9 Å². The number of nitrogens with two attached hydrogens (primary N) is 1. The van der Waals surface area contributed by atoms with E-state index in [0.717, 1.165) is 9.13 Å². The van der Waals surface area contributed by atoms with Gasteiger partial charge in [0.1, 0.15) is 0 Å². The zero-order chi connectivity index (χ0) is 9.14. The van der Waals surface area contributed by atoms with Crippen LogP contribution in [0.2, 0.25) is 0 Å². The summed E-state index contributed by atoms with van der Waals surface area (Å²) in [7, 11) is 0. The molecule has 0 spiro atoms. The van der Waals surface area contributed by atoms with Gasteiger partial charge in [-0.05, 0) is 41.1 Å². The molecule has 0 aliphatic rings. The third-order valence-electron chi connectivity index (χ3n) is 1.58. The van der Waals surface area contributed by atoms with E-state index in [0.29, 0.717) is 0 Å². The lowest BCUT2D eigenvalue weighted by molar-refractivity contribution is 0.318. The molecule has 0 unspecified atom stereocenters. The highest BCUT2D eigenvalue weighted by Gasteiger charge is 2.00. The number of rotatable bonds is 1. The Bertz CT molecular complexity index is 323. The van der Waals surface area contributed by atoms with Crippen molar-refractivity contribution in [2.45, 2.75) is 6.92 Å². The predicted octanol–water partition coefficient (Wildman–Crippen LogP) is 1.69. The maximum Gasteiger partial charge on any atom is 0.170 e. The number of amidine groups is 1. The fourth-order valence-corrected chi connectivity index (χ4v) is 1.33. The quantitative estimate of drug-likeness (QED) is 0.269. The first-order chi connectivity index (χ1) is 5.65. The Labute approximate surface area is 84.4 Å². The summed E-state index contributed by atoms with van der Waals surface area (Å²) in [5.41, 5.74) is 7.34. The first-order valence-corrected chi connectivity index (χ1v) is 4.47. The second-order valence-corrected chi connectivity index (χ2v) is 3.61. The lowest BCUT2D eigenvalue weighted by Crippen LogP contribution is -2.13. The summed E-state index contributed by atoms with van der Waals surface area (Å²) in [4.78, 5) is 0. The minimum Gasteiger partial charge on any atom is -0.409 e. The lowest BCUT2D eigenvalue weighted by Gasteiger charge is -2.01. The minimum atomic E-state index is 0.146. The number of halogens is 1. The molecule has 0 amide bonds. The second-order valence-electron chi connectivity index (χ2n) is 2.45. The molecule has 0 fully saturated rings. The summed E-state index contributed by atoms with van der Waals surface area (Å²) in [6.07, 6.45) is 0. The molecule has 0 aromatic heterocycles.